The lowest BCUT2D eigenvalue weighted by Crippen LogP contribution is -2.39. The molecule has 0 bridgehead atoms. The van der Waals surface area contributed by atoms with E-state index in [1.165, 1.54) is 9.80 Å². The monoisotopic (exact) mass is 470 g/mol. The molecule has 2 aliphatic heterocycles. The van der Waals surface area contributed by atoms with Gasteiger partial charge in [-0.25, -0.2) is 4.79 Å². The Labute approximate surface area is 193 Å². The van der Waals surface area contributed by atoms with E-state index in [1.54, 1.807) is 13.1 Å². The highest BCUT2D eigenvalue weighted by atomic mass is 19.4. The van der Waals surface area contributed by atoms with Crippen molar-refractivity contribution in [2.75, 3.05) is 26.7 Å². The Balaban J connectivity index is 1.77. The normalized spacial score (nSPS) is 20.7. The Bertz CT molecular complexity index is 903. The van der Waals surface area contributed by atoms with Crippen LogP contribution < -0.4 is 4.74 Å². The van der Waals surface area contributed by atoms with Crippen molar-refractivity contribution in [3.8, 4) is 5.75 Å². The van der Waals surface area contributed by atoms with Gasteiger partial charge in [0.25, 0.3) is 0 Å². The first-order chi connectivity index (χ1) is 15.5. The average Bonchev–Trinajstić information content (AvgIpc) is 3.21. The fourth-order valence-corrected chi connectivity index (χ4v) is 4.52. The minimum absolute atomic E-state index is 0.0872. The lowest BCUT2D eigenvalue weighted by atomic mass is 9.86. The van der Waals surface area contributed by atoms with E-state index < -0.39 is 11.8 Å². The zero-order chi connectivity index (χ0) is 24.4. The topological polar surface area (TPSA) is 59.1 Å². The van der Waals surface area contributed by atoms with E-state index in [-0.39, 0.29) is 30.7 Å². The number of carbonyl (C=O) groups is 2. The Morgan fingerprint density at radius 1 is 1.15 bits per heavy atom. The molecule has 1 atom stereocenters. The molecule has 33 heavy (non-hydrogen) atoms. The molecular formula is C24H33F3N2O4. The van der Waals surface area contributed by atoms with Crippen LogP contribution in [0.2, 0.25) is 0 Å². The van der Waals surface area contributed by atoms with E-state index >= 15 is 0 Å². The van der Waals surface area contributed by atoms with Gasteiger partial charge in [-0.15, -0.1) is 0 Å². The summed E-state index contributed by atoms with van der Waals surface area (Å²) in [7, 11) is 1.59. The zero-order valence-electron chi connectivity index (χ0n) is 19.8. The van der Waals surface area contributed by atoms with E-state index in [0.29, 0.717) is 50.1 Å². The minimum Gasteiger partial charge on any atom is -0.493 e. The number of benzene rings is 1. The van der Waals surface area contributed by atoms with Crippen molar-refractivity contribution in [2.24, 2.45) is 0 Å². The highest BCUT2D eigenvalue weighted by Gasteiger charge is 2.57. The fraction of sp³-hybridized carbons (Fsp3) is 0.667. The molecule has 6 nitrogen and oxygen atoms in total. The summed E-state index contributed by atoms with van der Waals surface area (Å²) < 4.78 is 53.0. The molecule has 2 aliphatic rings. The number of nitrogens with zero attached hydrogens (tertiary/aromatic N) is 2. The molecule has 0 N–H and O–H groups in total. The van der Waals surface area contributed by atoms with Crippen molar-refractivity contribution in [3.05, 3.63) is 28.3 Å². The third-order valence-corrected chi connectivity index (χ3v) is 6.41. The lowest BCUT2D eigenvalue weighted by molar-refractivity contribution is -0.272. The summed E-state index contributed by atoms with van der Waals surface area (Å²) >= 11 is 0. The maximum atomic E-state index is 13.8. The van der Waals surface area contributed by atoms with Crippen LogP contribution in [0, 0.1) is 0 Å². The largest absolute Gasteiger partial charge is 0.493 e. The number of carbonyl (C=O) groups excluding carboxylic acids is 2. The molecule has 0 spiro atoms. The van der Waals surface area contributed by atoms with Crippen molar-refractivity contribution >= 4 is 11.9 Å². The summed E-state index contributed by atoms with van der Waals surface area (Å²) in [5.41, 5.74) is 0.0470. The predicted molar refractivity (Wildman–Crippen MR) is 117 cm³/mol. The van der Waals surface area contributed by atoms with E-state index in [0.717, 1.165) is 30.9 Å². The number of ether oxygens (including phenoxy) is 2. The number of halogens is 3. The molecule has 0 aromatic heterocycles. The third-order valence-electron chi connectivity index (χ3n) is 6.41. The summed E-state index contributed by atoms with van der Waals surface area (Å²) in [6.07, 6.45) is -0.535. The number of alkyl halides is 3. The van der Waals surface area contributed by atoms with Crippen LogP contribution in [0.3, 0.4) is 0 Å². The van der Waals surface area contributed by atoms with Crippen molar-refractivity contribution in [3.63, 3.8) is 0 Å². The van der Waals surface area contributed by atoms with Gasteiger partial charge >= 0.3 is 12.2 Å². The number of hydrogen-bond donors (Lipinski definition) is 0. The number of likely N-dealkylation sites (N-methyl/N-ethyl adjacent to an activating group) is 1. The summed E-state index contributed by atoms with van der Waals surface area (Å²) in [6.45, 7) is 5.77. The van der Waals surface area contributed by atoms with Crippen LogP contribution in [-0.4, -0.2) is 54.7 Å². The van der Waals surface area contributed by atoms with E-state index in [2.05, 4.69) is 0 Å². The van der Waals surface area contributed by atoms with Crippen LogP contribution in [-0.2, 0) is 34.6 Å². The first-order valence-corrected chi connectivity index (χ1v) is 11.6. The summed E-state index contributed by atoms with van der Waals surface area (Å²) in [6, 6.07) is 1.33. The average molecular weight is 471 g/mol. The van der Waals surface area contributed by atoms with Gasteiger partial charge in [0.2, 0.25) is 5.91 Å². The van der Waals surface area contributed by atoms with Gasteiger partial charge in [0.1, 0.15) is 12.3 Å². The smallest absolute Gasteiger partial charge is 0.421 e. The van der Waals surface area contributed by atoms with Gasteiger partial charge in [-0.1, -0.05) is 26.7 Å². The van der Waals surface area contributed by atoms with Gasteiger partial charge in [0.05, 0.1) is 13.2 Å². The van der Waals surface area contributed by atoms with Gasteiger partial charge < -0.3 is 14.4 Å². The Kier molecular flexibility index (Phi) is 7.61. The number of unbranched alkanes of at least 4 members (excludes halogenated alkanes) is 1. The summed E-state index contributed by atoms with van der Waals surface area (Å²) in [5, 5.41) is 0. The molecule has 3 rings (SSSR count). The van der Waals surface area contributed by atoms with Gasteiger partial charge in [0.15, 0.2) is 5.60 Å². The molecule has 1 saturated heterocycles. The number of urea groups is 1. The van der Waals surface area contributed by atoms with Crippen LogP contribution >= 0.6 is 0 Å². The predicted octanol–water partition coefficient (Wildman–Crippen LogP) is 4.95. The van der Waals surface area contributed by atoms with Crippen LogP contribution in [0.4, 0.5) is 18.0 Å². The molecule has 184 valence electrons. The second-order valence-corrected chi connectivity index (χ2v) is 8.93. The second kappa shape index (κ2) is 9.91. The number of aryl methyl sites for hydroxylation is 1. The SMILES string of the molecule is CCCc1cc2c(c(CCC)c1OCCCCN1C(=O)CN(C)C1=O)COC2(C)C(F)(F)F. The molecule has 1 aromatic carbocycles. The highest BCUT2D eigenvalue weighted by Crippen LogP contribution is 2.51. The Morgan fingerprint density at radius 3 is 2.42 bits per heavy atom. The zero-order valence-corrected chi connectivity index (χ0v) is 19.8. The van der Waals surface area contributed by atoms with Crippen molar-refractivity contribution in [1.29, 1.82) is 0 Å². The molecule has 1 fully saturated rings. The van der Waals surface area contributed by atoms with Crippen LogP contribution in [0.25, 0.3) is 0 Å². The maximum Gasteiger partial charge on any atom is 0.421 e. The Morgan fingerprint density at radius 2 is 1.85 bits per heavy atom. The molecule has 1 aromatic rings. The molecule has 0 aliphatic carbocycles. The molecular weight excluding hydrogens is 437 g/mol. The molecule has 0 radical (unpaired) electrons. The Hall–Kier alpha value is -2.29. The van der Waals surface area contributed by atoms with Crippen LogP contribution in [0.5, 0.6) is 5.75 Å². The summed E-state index contributed by atoms with van der Waals surface area (Å²) in [5.74, 6) is 0.464. The van der Waals surface area contributed by atoms with E-state index in [4.69, 9.17) is 9.47 Å². The highest BCUT2D eigenvalue weighted by molar-refractivity contribution is 6.01. The lowest BCUT2D eigenvalue weighted by Gasteiger charge is -2.28. The number of fused-ring (bicyclic) bond motifs is 1. The summed E-state index contributed by atoms with van der Waals surface area (Å²) in [4.78, 5) is 26.5. The molecule has 2 heterocycles. The van der Waals surface area contributed by atoms with Gasteiger partial charge in [-0.05, 0) is 55.4 Å². The molecule has 0 saturated carbocycles. The van der Waals surface area contributed by atoms with Gasteiger partial charge in [0, 0.05) is 19.2 Å². The molecule has 3 amide bonds. The van der Waals surface area contributed by atoms with Crippen LogP contribution in [0.1, 0.15) is 68.7 Å². The number of hydrogen-bond acceptors (Lipinski definition) is 4. The maximum absolute atomic E-state index is 13.8. The molecule has 1 unspecified atom stereocenters. The third kappa shape index (κ3) is 4.83. The molecule has 9 heteroatoms. The van der Waals surface area contributed by atoms with E-state index in [1.807, 2.05) is 13.8 Å². The quantitative estimate of drug-likeness (QED) is 0.359. The fourth-order valence-electron chi connectivity index (χ4n) is 4.52. The van der Waals surface area contributed by atoms with Crippen molar-refractivity contribution < 1.29 is 32.2 Å². The van der Waals surface area contributed by atoms with Crippen molar-refractivity contribution in [1.82, 2.24) is 9.80 Å². The van der Waals surface area contributed by atoms with Gasteiger partial charge in [-0.2, -0.15) is 13.2 Å². The first-order valence-electron chi connectivity index (χ1n) is 11.6. The van der Waals surface area contributed by atoms with Crippen molar-refractivity contribution in [2.45, 2.75) is 77.7 Å². The van der Waals surface area contributed by atoms with E-state index in [9.17, 15) is 22.8 Å². The minimum atomic E-state index is -4.51. The standard InChI is InChI=1S/C24H33F3N2O4/c1-5-9-16-13-19-18(15-33-23(19,3)24(25,26)27)17(10-6-2)21(16)32-12-8-7-11-29-20(30)14-28(4)22(29)31/h13H,5-12,14-15H2,1-4H3. The number of amides is 3. The van der Waals surface area contributed by atoms with Crippen LogP contribution in [0.15, 0.2) is 6.07 Å². The van der Waals surface area contributed by atoms with Gasteiger partial charge in [-0.3, -0.25) is 9.69 Å². The number of rotatable bonds is 10. The number of imide groups is 1. The second-order valence-electron chi connectivity index (χ2n) is 8.93. The first kappa shape index (κ1) is 25.3.